The number of hydrogen-bond donors (Lipinski definition) is 0. The van der Waals surface area contributed by atoms with Crippen LogP contribution < -0.4 is 0 Å². The summed E-state index contributed by atoms with van der Waals surface area (Å²) in [6, 6.07) is 9.98. The highest BCUT2D eigenvalue weighted by Crippen LogP contribution is 2.20. The lowest BCUT2D eigenvalue weighted by molar-refractivity contribution is -0.148. The van der Waals surface area contributed by atoms with Crippen molar-refractivity contribution >= 4 is 10.2 Å². The zero-order valence-corrected chi connectivity index (χ0v) is 11.1. The van der Waals surface area contributed by atoms with E-state index in [0.717, 1.165) is 15.8 Å². The van der Waals surface area contributed by atoms with E-state index in [0.29, 0.717) is 0 Å². The van der Waals surface area contributed by atoms with Crippen LogP contribution in [0.4, 0.5) is 0 Å². The Bertz CT molecular complexity index is 245. The Hall–Kier alpha value is -0.903. The average molecular weight is 210 g/mol. The van der Waals surface area contributed by atoms with Crippen LogP contribution in [0.1, 0.15) is 5.56 Å². The summed E-state index contributed by atoms with van der Waals surface area (Å²) in [5.74, 6) is 0. The highest BCUT2D eigenvalue weighted by Gasteiger charge is 2.23. The van der Waals surface area contributed by atoms with E-state index in [1.807, 2.05) is 30.3 Å². The lowest BCUT2D eigenvalue weighted by atomic mass is 10.2. The molecule has 0 N–H and O–H groups in total. The van der Waals surface area contributed by atoms with E-state index in [4.69, 9.17) is 9.47 Å². The van der Waals surface area contributed by atoms with Gasteiger partial charge < -0.3 is 9.47 Å². The summed E-state index contributed by atoms with van der Waals surface area (Å²) in [6.07, 6.45) is 0. The first kappa shape index (κ1) is 13.1. The number of hydrogen-bond acceptors (Lipinski definition) is 2. The maximum Gasteiger partial charge on any atom is 0.165 e. The van der Waals surface area contributed by atoms with Crippen molar-refractivity contribution in [3.8, 4) is 0 Å². The molecule has 0 aliphatic heterocycles. The third kappa shape index (κ3) is 3.10. The maximum absolute atomic E-state index is 5.31. The molecule has 0 unspecified atom stereocenters. The van der Waals surface area contributed by atoms with Crippen LogP contribution in [0.25, 0.3) is 0 Å². The third-order valence-corrected chi connectivity index (χ3v) is 3.47. The van der Waals surface area contributed by atoms with Crippen molar-refractivity contribution in [2.24, 2.45) is 0 Å². The van der Waals surface area contributed by atoms with Gasteiger partial charge in [0.15, 0.2) is 5.41 Å². The molecule has 0 amide bonds. The Balaban J connectivity index is 0.000000791. The summed E-state index contributed by atoms with van der Waals surface area (Å²) in [6.45, 7) is 6.00. The van der Waals surface area contributed by atoms with Crippen LogP contribution in [0.2, 0.25) is 0 Å². The number of methoxy groups -OCH3 is 2. The first-order valence-corrected chi connectivity index (χ1v) is 5.39. The van der Waals surface area contributed by atoms with Gasteiger partial charge in [0.05, 0.1) is 10.2 Å². The van der Waals surface area contributed by atoms with Gasteiger partial charge in [-0.3, -0.25) is 0 Å². The topological polar surface area (TPSA) is 18.5 Å². The monoisotopic (exact) mass is 210 g/mol. The second-order valence-electron chi connectivity index (χ2n) is 2.72. The predicted octanol–water partition coefficient (Wildman–Crippen LogP) is 1.26. The van der Waals surface area contributed by atoms with E-state index in [2.05, 4.69) is 13.2 Å². The molecule has 0 saturated heterocycles. The molecule has 0 aliphatic rings. The minimum Gasteiger partial charge on any atom is -0.354 e. The molecule has 0 heterocycles. The quantitative estimate of drug-likeness (QED) is 0.425. The van der Waals surface area contributed by atoms with Gasteiger partial charge in [0, 0.05) is 19.8 Å². The van der Waals surface area contributed by atoms with E-state index in [1.165, 1.54) is 0 Å². The molecule has 0 saturated carbocycles. The van der Waals surface area contributed by atoms with Crippen LogP contribution in [0, 0.1) is 0 Å². The fourth-order valence-electron chi connectivity index (χ4n) is 1.06. The van der Waals surface area contributed by atoms with Gasteiger partial charge in [-0.15, -0.1) is 13.2 Å². The van der Waals surface area contributed by atoms with Crippen LogP contribution in [0.5, 0.6) is 0 Å². The molecule has 0 radical (unpaired) electrons. The SMILES string of the molecule is C=C.COC([SiH3])(OC)c1ccccc1. The first-order chi connectivity index (χ1) is 6.73. The second-order valence-corrected chi connectivity index (χ2v) is 4.04. The molecule has 0 spiro atoms. The fourth-order valence-corrected chi connectivity index (χ4v) is 1.39. The summed E-state index contributed by atoms with van der Waals surface area (Å²) in [4.78, 5) is 0. The lowest BCUT2D eigenvalue weighted by Crippen LogP contribution is -2.30. The Kier molecular flexibility index (Phi) is 6.11. The molecule has 0 aromatic heterocycles. The van der Waals surface area contributed by atoms with E-state index in [1.54, 1.807) is 14.2 Å². The standard InChI is InChI=1S/C9H14O2Si.C2H4/c1-10-9(12,11-2)8-6-4-3-5-7-8;1-2/h3-7H,1-2,12H3;1-2H2. The number of rotatable bonds is 3. The van der Waals surface area contributed by atoms with Crippen LogP contribution in [0.15, 0.2) is 43.5 Å². The second kappa shape index (κ2) is 6.54. The normalized spacial score (nSPS) is 10.4. The molecule has 3 heteroatoms. The minimum absolute atomic E-state index is 0.485. The summed E-state index contributed by atoms with van der Waals surface area (Å²) in [5, 5.41) is 0. The van der Waals surface area contributed by atoms with Crippen molar-refractivity contribution in [3.05, 3.63) is 49.1 Å². The molecule has 0 aliphatic carbocycles. The lowest BCUT2D eigenvalue weighted by Gasteiger charge is -2.27. The summed E-state index contributed by atoms with van der Waals surface area (Å²) in [5.41, 5.74) is 0.600. The molecule has 14 heavy (non-hydrogen) atoms. The van der Waals surface area contributed by atoms with Gasteiger partial charge >= 0.3 is 0 Å². The number of benzene rings is 1. The van der Waals surface area contributed by atoms with Crippen molar-refractivity contribution in [3.63, 3.8) is 0 Å². The van der Waals surface area contributed by atoms with Crippen molar-refractivity contribution in [2.75, 3.05) is 14.2 Å². The van der Waals surface area contributed by atoms with Gasteiger partial charge in [-0.2, -0.15) is 0 Å². The van der Waals surface area contributed by atoms with Crippen molar-refractivity contribution in [1.82, 2.24) is 0 Å². The Labute approximate surface area is 89.0 Å². The average Bonchev–Trinajstić information content (AvgIpc) is 2.32. The van der Waals surface area contributed by atoms with Crippen LogP contribution in [-0.4, -0.2) is 24.5 Å². The van der Waals surface area contributed by atoms with Gasteiger partial charge in [-0.25, -0.2) is 0 Å². The predicted molar refractivity (Wildman–Crippen MR) is 63.3 cm³/mol. The summed E-state index contributed by atoms with van der Waals surface area (Å²) >= 11 is 0. The van der Waals surface area contributed by atoms with Gasteiger partial charge in [0.25, 0.3) is 0 Å². The highest BCUT2D eigenvalue weighted by molar-refractivity contribution is 6.13. The van der Waals surface area contributed by atoms with Gasteiger partial charge in [-0.1, -0.05) is 30.3 Å². The smallest absolute Gasteiger partial charge is 0.165 e. The molecule has 1 aromatic rings. The van der Waals surface area contributed by atoms with Crippen LogP contribution in [0.3, 0.4) is 0 Å². The van der Waals surface area contributed by atoms with E-state index in [-0.39, 0.29) is 0 Å². The third-order valence-electron chi connectivity index (χ3n) is 2.08. The molecular weight excluding hydrogens is 192 g/mol. The van der Waals surface area contributed by atoms with Gasteiger partial charge in [0.1, 0.15) is 0 Å². The van der Waals surface area contributed by atoms with Crippen LogP contribution in [-0.2, 0) is 14.9 Å². The minimum atomic E-state index is -0.485. The Morgan fingerprint density at radius 1 is 1.07 bits per heavy atom. The molecule has 1 rings (SSSR count). The highest BCUT2D eigenvalue weighted by atomic mass is 28.1. The Morgan fingerprint density at radius 3 is 1.86 bits per heavy atom. The van der Waals surface area contributed by atoms with Crippen molar-refractivity contribution in [2.45, 2.75) is 5.41 Å². The number of ether oxygens (including phenoxy) is 2. The van der Waals surface area contributed by atoms with Gasteiger partial charge in [-0.05, 0) is 0 Å². The molecule has 0 bridgehead atoms. The maximum atomic E-state index is 5.31. The molecule has 78 valence electrons. The molecule has 0 fully saturated rings. The fraction of sp³-hybridized carbons (Fsp3) is 0.273. The molecular formula is C11H18O2Si. The summed E-state index contributed by atoms with van der Waals surface area (Å²) in [7, 11) is 4.15. The zero-order valence-electron chi connectivity index (χ0n) is 9.12. The first-order valence-electron chi connectivity index (χ1n) is 4.39. The van der Waals surface area contributed by atoms with Gasteiger partial charge in [0.2, 0.25) is 0 Å². The van der Waals surface area contributed by atoms with Crippen molar-refractivity contribution < 1.29 is 9.47 Å². The Morgan fingerprint density at radius 2 is 1.50 bits per heavy atom. The van der Waals surface area contributed by atoms with E-state index < -0.39 is 5.41 Å². The molecule has 2 nitrogen and oxygen atoms in total. The molecule has 0 atom stereocenters. The van der Waals surface area contributed by atoms with Crippen molar-refractivity contribution in [1.29, 1.82) is 0 Å². The zero-order chi connectivity index (χ0) is 11.0. The molecule has 1 aromatic carbocycles. The summed E-state index contributed by atoms with van der Waals surface area (Å²) < 4.78 is 10.6. The van der Waals surface area contributed by atoms with E-state index >= 15 is 0 Å². The largest absolute Gasteiger partial charge is 0.354 e. The van der Waals surface area contributed by atoms with Crippen LogP contribution >= 0.6 is 0 Å². The van der Waals surface area contributed by atoms with E-state index in [9.17, 15) is 0 Å².